The van der Waals surface area contributed by atoms with Gasteiger partial charge in [-0.3, -0.25) is 4.68 Å². The SMILES string of the molecule is Cn1nc(C2CC2)c(Br)c1-c1cccc(Cl)c1. The Balaban J connectivity index is 2.13. The average molecular weight is 312 g/mol. The Morgan fingerprint density at radius 2 is 2.18 bits per heavy atom. The van der Waals surface area contributed by atoms with E-state index in [1.807, 2.05) is 29.9 Å². The van der Waals surface area contributed by atoms with E-state index in [2.05, 4.69) is 27.1 Å². The zero-order chi connectivity index (χ0) is 12.0. The maximum absolute atomic E-state index is 6.04. The molecule has 1 heterocycles. The van der Waals surface area contributed by atoms with Gasteiger partial charge in [0.25, 0.3) is 0 Å². The molecule has 0 aliphatic heterocycles. The molecule has 1 aromatic carbocycles. The highest BCUT2D eigenvalue weighted by Crippen LogP contribution is 2.45. The molecule has 0 N–H and O–H groups in total. The zero-order valence-electron chi connectivity index (χ0n) is 9.45. The third-order valence-corrected chi connectivity index (χ3v) is 4.09. The summed E-state index contributed by atoms with van der Waals surface area (Å²) in [6.07, 6.45) is 2.51. The molecule has 0 unspecified atom stereocenters. The topological polar surface area (TPSA) is 17.8 Å². The molecule has 0 bridgehead atoms. The fourth-order valence-electron chi connectivity index (χ4n) is 2.09. The van der Waals surface area contributed by atoms with E-state index in [1.54, 1.807) is 0 Å². The molecule has 1 aliphatic carbocycles. The normalized spacial score (nSPS) is 15.2. The maximum atomic E-state index is 6.04. The van der Waals surface area contributed by atoms with Crippen molar-refractivity contribution in [1.29, 1.82) is 0 Å². The predicted molar refractivity (Wildman–Crippen MR) is 73.3 cm³/mol. The van der Waals surface area contributed by atoms with E-state index in [-0.39, 0.29) is 0 Å². The molecule has 17 heavy (non-hydrogen) atoms. The van der Waals surface area contributed by atoms with E-state index >= 15 is 0 Å². The lowest BCUT2D eigenvalue weighted by Gasteiger charge is -2.03. The number of halogens is 2. The molecule has 2 aromatic rings. The fraction of sp³-hybridized carbons (Fsp3) is 0.308. The van der Waals surface area contributed by atoms with Crippen LogP contribution in [-0.2, 0) is 7.05 Å². The summed E-state index contributed by atoms with van der Waals surface area (Å²) in [7, 11) is 1.98. The predicted octanol–water partition coefficient (Wildman–Crippen LogP) is 4.38. The summed E-state index contributed by atoms with van der Waals surface area (Å²) in [5.41, 5.74) is 3.39. The Morgan fingerprint density at radius 1 is 1.41 bits per heavy atom. The van der Waals surface area contributed by atoms with E-state index in [0.717, 1.165) is 20.8 Å². The lowest BCUT2D eigenvalue weighted by atomic mass is 10.1. The summed E-state index contributed by atoms with van der Waals surface area (Å²) >= 11 is 9.71. The van der Waals surface area contributed by atoms with Crippen molar-refractivity contribution in [3.63, 3.8) is 0 Å². The molecule has 3 rings (SSSR count). The summed E-state index contributed by atoms with van der Waals surface area (Å²) in [5, 5.41) is 5.36. The molecule has 0 radical (unpaired) electrons. The molecule has 0 amide bonds. The van der Waals surface area contributed by atoms with Crippen LogP contribution in [0.2, 0.25) is 5.02 Å². The first kappa shape index (κ1) is 11.3. The van der Waals surface area contributed by atoms with Crippen molar-refractivity contribution in [3.8, 4) is 11.3 Å². The van der Waals surface area contributed by atoms with Gasteiger partial charge in [-0.05, 0) is 40.9 Å². The summed E-state index contributed by atoms with van der Waals surface area (Å²) < 4.78 is 3.05. The first-order chi connectivity index (χ1) is 8.16. The van der Waals surface area contributed by atoms with E-state index in [4.69, 9.17) is 11.6 Å². The van der Waals surface area contributed by atoms with E-state index < -0.39 is 0 Å². The third-order valence-electron chi connectivity index (χ3n) is 3.08. The number of aromatic nitrogens is 2. The third kappa shape index (κ3) is 2.02. The minimum atomic E-state index is 0.642. The van der Waals surface area contributed by atoms with Gasteiger partial charge in [-0.25, -0.2) is 0 Å². The lowest BCUT2D eigenvalue weighted by molar-refractivity contribution is 0.750. The lowest BCUT2D eigenvalue weighted by Crippen LogP contribution is -1.94. The molecule has 88 valence electrons. The van der Waals surface area contributed by atoms with Gasteiger partial charge in [0.05, 0.1) is 15.9 Å². The van der Waals surface area contributed by atoms with Crippen LogP contribution in [0.25, 0.3) is 11.3 Å². The number of hydrogen-bond donors (Lipinski definition) is 0. The smallest absolute Gasteiger partial charge is 0.0824 e. The maximum Gasteiger partial charge on any atom is 0.0824 e. The van der Waals surface area contributed by atoms with Gasteiger partial charge >= 0.3 is 0 Å². The second kappa shape index (κ2) is 4.14. The highest BCUT2D eigenvalue weighted by molar-refractivity contribution is 9.10. The molecule has 0 saturated heterocycles. The van der Waals surface area contributed by atoms with Crippen molar-refractivity contribution >= 4 is 27.5 Å². The second-order valence-electron chi connectivity index (χ2n) is 4.46. The quantitative estimate of drug-likeness (QED) is 0.805. The number of rotatable bonds is 2. The largest absolute Gasteiger partial charge is 0.266 e. The van der Waals surface area contributed by atoms with Crippen LogP contribution < -0.4 is 0 Å². The van der Waals surface area contributed by atoms with Crippen LogP contribution >= 0.6 is 27.5 Å². The average Bonchev–Trinajstić information content (AvgIpc) is 3.06. The van der Waals surface area contributed by atoms with Gasteiger partial charge in [-0.2, -0.15) is 5.10 Å². The molecular weight excluding hydrogens is 300 g/mol. The summed E-state index contributed by atoms with van der Waals surface area (Å²) in [6, 6.07) is 7.88. The highest BCUT2D eigenvalue weighted by atomic mass is 79.9. The van der Waals surface area contributed by atoms with Crippen LogP contribution in [0.4, 0.5) is 0 Å². The van der Waals surface area contributed by atoms with Crippen LogP contribution in [0.3, 0.4) is 0 Å². The van der Waals surface area contributed by atoms with Crippen LogP contribution in [0, 0.1) is 0 Å². The fourth-order valence-corrected chi connectivity index (χ4v) is 3.16. The zero-order valence-corrected chi connectivity index (χ0v) is 11.8. The summed E-state index contributed by atoms with van der Waals surface area (Å²) in [6.45, 7) is 0. The van der Waals surface area contributed by atoms with Gasteiger partial charge in [-0.1, -0.05) is 23.7 Å². The Kier molecular flexibility index (Phi) is 2.75. The molecule has 0 atom stereocenters. The van der Waals surface area contributed by atoms with Gasteiger partial charge in [0, 0.05) is 23.6 Å². The minimum Gasteiger partial charge on any atom is -0.266 e. The standard InChI is InChI=1S/C13H12BrClN2/c1-17-13(9-3-2-4-10(15)7-9)11(14)12(16-17)8-5-6-8/h2-4,7-8H,5-6H2,1H3. The number of aryl methyl sites for hydroxylation is 1. The van der Waals surface area contributed by atoms with Crippen LogP contribution in [0.15, 0.2) is 28.7 Å². The molecule has 1 aromatic heterocycles. The second-order valence-corrected chi connectivity index (χ2v) is 5.69. The summed E-state index contributed by atoms with van der Waals surface area (Å²) in [4.78, 5) is 0. The van der Waals surface area contributed by atoms with Crippen LogP contribution in [0.5, 0.6) is 0 Å². The van der Waals surface area contributed by atoms with Crippen molar-refractivity contribution in [1.82, 2.24) is 9.78 Å². The molecule has 0 spiro atoms. The van der Waals surface area contributed by atoms with Crippen molar-refractivity contribution in [2.45, 2.75) is 18.8 Å². The first-order valence-corrected chi connectivity index (χ1v) is 6.82. The number of nitrogens with zero attached hydrogens (tertiary/aromatic N) is 2. The molecule has 1 aliphatic rings. The Hall–Kier alpha value is -0.800. The number of hydrogen-bond acceptors (Lipinski definition) is 1. The molecule has 2 nitrogen and oxygen atoms in total. The van der Waals surface area contributed by atoms with Crippen molar-refractivity contribution < 1.29 is 0 Å². The molecule has 1 fully saturated rings. The van der Waals surface area contributed by atoms with Crippen LogP contribution in [0.1, 0.15) is 24.5 Å². The van der Waals surface area contributed by atoms with Crippen molar-refractivity contribution in [3.05, 3.63) is 39.5 Å². The monoisotopic (exact) mass is 310 g/mol. The molecule has 4 heteroatoms. The van der Waals surface area contributed by atoms with Crippen LogP contribution in [-0.4, -0.2) is 9.78 Å². The van der Waals surface area contributed by atoms with Gasteiger partial charge < -0.3 is 0 Å². The van der Waals surface area contributed by atoms with Gasteiger partial charge in [0.15, 0.2) is 0 Å². The molecule has 1 saturated carbocycles. The van der Waals surface area contributed by atoms with Crippen molar-refractivity contribution in [2.24, 2.45) is 7.05 Å². The summed E-state index contributed by atoms with van der Waals surface area (Å²) in [5.74, 6) is 0.642. The highest BCUT2D eigenvalue weighted by Gasteiger charge is 2.30. The van der Waals surface area contributed by atoms with Crippen molar-refractivity contribution in [2.75, 3.05) is 0 Å². The molecular formula is C13H12BrClN2. The van der Waals surface area contributed by atoms with Gasteiger partial charge in [0.2, 0.25) is 0 Å². The minimum absolute atomic E-state index is 0.642. The van der Waals surface area contributed by atoms with Gasteiger partial charge in [-0.15, -0.1) is 0 Å². The van der Waals surface area contributed by atoms with E-state index in [9.17, 15) is 0 Å². The first-order valence-electron chi connectivity index (χ1n) is 5.65. The van der Waals surface area contributed by atoms with E-state index in [1.165, 1.54) is 18.5 Å². The Bertz CT molecular complexity index is 573. The Labute approximate surface area is 114 Å². The Morgan fingerprint density at radius 3 is 2.82 bits per heavy atom. The van der Waals surface area contributed by atoms with Gasteiger partial charge in [0.1, 0.15) is 0 Å². The number of benzene rings is 1. The van der Waals surface area contributed by atoms with E-state index in [0.29, 0.717) is 5.92 Å².